The van der Waals surface area contributed by atoms with Crippen molar-refractivity contribution in [2.45, 2.75) is 36.6 Å². The van der Waals surface area contributed by atoms with Crippen molar-refractivity contribution in [1.82, 2.24) is 5.32 Å². The van der Waals surface area contributed by atoms with Crippen molar-refractivity contribution >= 4 is 15.9 Å². The van der Waals surface area contributed by atoms with E-state index < -0.39 is 26.9 Å². The normalized spacial score (nSPS) is 12.9. The third-order valence-corrected chi connectivity index (χ3v) is 5.48. The van der Waals surface area contributed by atoms with Gasteiger partial charge in [-0.15, -0.1) is 0 Å². The van der Waals surface area contributed by atoms with Gasteiger partial charge in [-0.2, -0.15) is 0 Å². The van der Waals surface area contributed by atoms with Gasteiger partial charge in [-0.3, -0.25) is 0 Å². The molecular weight excluding hydrogens is 370 g/mol. The number of aromatic hydroxyl groups is 1. The summed E-state index contributed by atoms with van der Waals surface area (Å²) in [5, 5.41) is 11.2. The van der Waals surface area contributed by atoms with Crippen LogP contribution in [-0.4, -0.2) is 32.3 Å². The number of sulfone groups is 1. The van der Waals surface area contributed by atoms with Crippen LogP contribution in [0.3, 0.4) is 0 Å². The molecule has 2 aromatic rings. The topological polar surface area (TPSA) is 102 Å². The molecule has 2 N–H and O–H groups in total. The number of methoxy groups -OCH3 is 1. The highest BCUT2D eigenvalue weighted by molar-refractivity contribution is 7.91. The number of alkyl carbamates (subject to hydrolysis) is 1. The number of nitrogens with one attached hydrogen (secondary N) is 1. The van der Waals surface area contributed by atoms with Crippen molar-refractivity contribution in [1.29, 1.82) is 0 Å². The largest absolute Gasteiger partial charge is 0.504 e. The number of carbonyl (C=O) groups excluding carboxylic acids is 1. The maximum Gasteiger partial charge on any atom is 0.408 e. The van der Waals surface area contributed by atoms with Crippen molar-refractivity contribution in [3.05, 3.63) is 54.1 Å². The minimum Gasteiger partial charge on any atom is -0.504 e. The van der Waals surface area contributed by atoms with Gasteiger partial charge in [0.15, 0.2) is 16.9 Å². The summed E-state index contributed by atoms with van der Waals surface area (Å²) in [5.74, 6) is -0.285. The van der Waals surface area contributed by atoms with Gasteiger partial charge in [0.1, 0.15) is 5.60 Å². The summed E-state index contributed by atoms with van der Waals surface area (Å²) in [6, 6.07) is 12.1. The molecule has 0 heterocycles. The fourth-order valence-electron chi connectivity index (χ4n) is 2.40. The Labute approximate surface area is 158 Å². The molecule has 0 aromatic heterocycles. The number of phenolic OH excluding ortho intramolecular Hbond substituents is 1. The van der Waals surface area contributed by atoms with Crippen LogP contribution >= 0.6 is 0 Å². The van der Waals surface area contributed by atoms with Crippen LogP contribution in [0.15, 0.2) is 53.4 Å². The molecule has 1 atom stereocenters. The molecule has 27 heavy (non-hydrogen) atoms. The monoisotopic (exact) mass is 393 g/mol. The highest BCUT2D eigenvalue weighted by Gasteiger charge is 2.34. The fraction of sp³-hybridized carbons (Fsp3) is 0.316. The Bertz CT molecular complexity index is 904. The Morgan fingerprint density at radius 2 is 1.70 bits per heavy atom. The molecular formula is C19H23NO6S. The lowest BCUT2D eigenvalue weighted by atomic mass is 10.2. The van der Waals surface area contributed by atoms with Gasteiger partial charge in [-0.05, 0) is 39.0 Å². The molecule has 0 aliphatic rings. The number of benzene rings is 2. The summed E-state index contributed by atoms with van der Waals surface area (Å²) >= 11 is 0. The molecule has 0 saturated carbocycles. The molecule has 0 radical (unpaired) electrons. The van der Waals surface area contributed by atoms with Gasteiger partial charge in [0, 0.05) is 5.56 Å². The van der Waals surface area contributed by atoms with E-state index in [0.29, 0.717) is 0 Å². The van der Waals surface area contributed by atoms with E-state index >= 15 is 0 Å². The van der Waals surface area contributed by atoms with E-state index in [2.05, 4.69) is 5.32 Å². The summed E-state index contributed by atoms with van der Waals surface area (Å²) in [4.78, 5) is 12.3. The average molecular weight is 393 g/mol. The van der Waals surface area contributed by atoms with Crippen LogP contribution < -0.4 is 10.1 Å². The number of hydrogen-bond acceptors (Lipinski definition) is 6. The first-order valence-electron chi connectivity index (χ1n) is 8.20. The Kier molecular flexibility index (Phi) is 6.00. The average Bonchev–Trinajstić information content (AvgIpc) is 2.59. The molecule has 7 nitrogen and oxygen atoms in total. The number of ether oxygens (including phenoxy) is 2. The predicted molar refractivity (Wildman–Crippen MR) is 100 cm³/mol. The van der Waals surface area contributed by atoms with Gasteiger partial charge in [-0.1, -0.05) is 30.3 Å². The predicted octanol–water partition coefficient (Wildman–Crippen LogP) is 3.40. The van der Waals surface area contributed by atoms with Crippen LogP contribution in [0.4, 0.5) is 4.79 Å². The highest BCUT2D eigenvalue weighted by atomic mass is 32.2. The number of amides is 1. The van der Waals surface area contributed by atoms with Crippen LogP contribution in [0.5, 0.6) is 11.5 Å². The highest BCUT2D eigenvalue weighted by Crippen LogP contribution is 2.37. The second-order valence-corrected chi connectivity index (χ2v) is 8.82. The summed E-state index contributed by atoms with van der Waals surface area (Å²) < 4.78 is 36.6. The first-order valence-corrected chi connectivity index (χ1v) is 9.75. The maximum absolute atomic E-state index is 13.2. The summed E-state index contributed by atoms with van der Waals surface area (Å²) in [6.07, 6.45) is -0.922. The second kappa shape index (κ2) is 7.87. The molecule has 0 aliphatic heterocycles. The third-order valence-electron chi connectivity index (χ3n) is 3.56. The number of rotatable bonds is 5. The van der Waals surface area contributed by atoms with Crippen molar-refractivity contribution in [3.8, 4) is 11.5 Å². The van der Waals surface area contributed by atoms with Gasteiger partial charge in [0.05, 0.1) is 12.0 Å². The first-order chi connectivity index (χ1) is 12.6. The molecule has 0 saturated heterocycles. The molecule has 146 valence electrons. The molecule has 0 bridgehead atoms. The minimum atomic E-state index is -4.08. The fourth-order valence-corrected chi connectivity index (χ4v) is 3.98. The number of hydrogen-bond donors (Lipinski definition) is 2. The second-order valence-electron chi connectivity index (χ2n) is 6.78. The number of para-hydroxylation sites is 1. The van der Waals surface area contributed by atoms with Crippen LogP contribution in [0.1, 0.15) is 31.7 Å². The Balaban J connectivity index is 2.55. The molecule has 0 fully saturated rings. The van der Waals surface area contributed by atoms with Crippen LogP contribution in [0, 0.1) is 0 Å². The van der Waals surface area contributed by atoms with Gasteiger partial charge < -0.3 is 19.9 Å². The van der Waals surface area contributed by atoms with Crippen molar-refractivity contribution in [2.75, 3.05) is 7.11 Å². The lowest BCUT2D eigenvalue weighted by Gasteiger charge is -2.24. The lowest BCUT2D eigenvalue weighted by molar-refractivity contribution is 0.0519. The quantitative estimate of drug-likeness (QED) is 0.807. The summed E-state index contributed by atoms with van der Waals surface area (Å²) in [7, 11) is -2.73. The number of phenols is 1. The van der Waals surface area contributed by atoms with E-state index in [4.69, 9.17) is 9.47 Å². The van der Waals surface area contributed by atoms with E-state index in [1.165, 1.54) is 37.4 Å². The van der Waals surface area contributed by atoms with Crippen molar-refractivity contribution < 1.29 is 27.8 Å². The zero-order valence-electron chi connectivity index (χ0n) is 15.6. The van der Waals surface area contributed by atoms with Crippen LogP contribution in [0.2, 0.25) is 0 Å². The first kappa shape index (κ1) is 20.6. The van der Waals surface area contributed by atoms with E-state index in [1.807, 2.05) is 0 Å². The molecule has 0 spiro atoms. The molecule has 0 aliphatic carbocycles. The molecule has 1 unspecified atom stereocenters. The zero-order chi connectivity index (χ0) is 20.2. The maximum atomic E-state index is 13.2. The summed E-state index contributed by atoms with van der Waals surface area (Å²) in [6.45, 7) is 4.99. The van der Waals surface area contributed by atoms with Crippen LogP contribution in [0.25, 0.3) is 0 Å². The molecule has 8 heteroatoms. The van der Waals surface area contributed by atoms with Gasteiger partial charge in [-0.25, -0.2) is 13.2 Å². The van der Waals surface area contributed by atoms with E-state index in [0.717, 1.165) is 0 Å². The molecule has 2 rings (SSSR count). The summed E-state index contributed by atoms with van der Waals surface area (Å²) in [5.41, 5.74) is -0.842. The third kappa shape index (κ3) is 4.91. The standard InChI is InChI=1S/C19H23NO6S/c1-19(2,3)26-18(22)20-17(14-11-8-12-15(25-4)16(14)21)27(23,24)13-9-6-5-7-10-13/h5-12,17,21H,1-4H3,(H,20,22). The van der Waals surface area contributed by atoms with Gasteiger partial charge >= 0.3 is 6.09 Å². The van der Waals surface area contributed by atoms with E-state index in [1.54, 1.807) is 39.0 Å². The number of carbonyl (C=O) groups is 1. The Hall–Kier alpha value is -2.74. The van der Waals surface area contributed by atoms with Crippen molar-refractivity contribution in [3.63, 3.8) is 0 Å². The Morgan fingerprint density at radius 1 is 1.07 bits per heavy atom. The van der Waals surface area contributed by atoms with Gasteiger partial charge in [0.25, 0.3) is 0 Å². The minimum absolute atomic E-state index is 0.00622. The lowest BCUT2D eigenvalue weighted by Crippen LogP contribution is -2.38. The smallest absolute Gasteiger partial charge is 0.408 e. The SMILES string of the molecule is COc1cccc(C(NC(=O)OC(C)(C)C)S(=O)(=O)c2ccccc2)c1O. The Morgan fingerprint density at radius 3 is 2.26 bits per heavy atom. The molecule has 2 aromatic carbocycles. The van der Waals surface area contributed by atoms with Crippen molar-refractivity contribution in [2.24, 2.45) is 0 Å². The van der Waals surface area contributed by atoms with E-state index in [9.17, 15) is 18.3 Å². The van der Waals surface area contributed by atoms with Crippen LogP contribution in [-0.2, 0) is 14.6 Å². The zero-order valence-corrected chi connectivity index (χ0v) is 16.4. The van der Waals surface area contributed by atoms with E-state index in [-0.39, 0.29) is 22.0 Å². The molecule has 1 amide bonds. The van der Waals surface area contributed by atoms with Gasteiger partial charge in [0.2, 0.25) is 9.84 Å².